The highest BCUT2D eigenvalue weighted by atomic mass is 16.5. The van der Waals surface area contributed by atoms with Crippen LogP contribution in [0.3, 0.4) is 0 Å². The lowest BCUT2D eigenvalue weighted by Gasteiger charge is -2.67. The molecule has 38 heavy (non-hydrogen) atoms. The molecule has 3 saturated heterocycles. The molecule has 8 nitrogen and oxygen atoms in total. The predicted molar refractivity (Wildman–Crippen MR) is 141 cm³/mol. The summed E-state index contributed by atoms with van der Waals surface area (Å²) in [5.41, 5.74) is 0.999. The Morgan fingerprint density at radius 3 is 2.74 bits per heavy atom. The molecular weight excluding hydrogens is 482 g/mol. The van der Waals surface area contributed by atoms with Crippen molar-refractivity contribution in [3.63, 3.8) is 0 Å². The summed E-state index contributed by atoms with van der Waals surface area (Å²) in [4.78, 5) is 20.5. The lowest BCUT2D eigenvalue weighted by molar-refractivity contribution is -0.217. The van der Waals surface area contributed by atoms with E-state index in [4.69, 9.17) is 14.2 Å². The van der Waals surface area contributed by atoms with E-state index in [0.29, 0.717) is 32.8 Å². The van der Waals surface area contributed by atoms with Crippen LogP contribution in [0.4, 0.5) is 0 Å². The number of nitrogens with zero attached hydrogens (tertiary/aromatic N) is 3. The van der Waals surface area contributed by atoms with Gasteiger partial charge < -0.3 is 24.2 Å². The van der Waals surface area contributed by atoms with E-state index < -0.39 is 11.0 Å². The zero-order valence-corrected chi connectivity index (χ0v) is 22.6. The van der Waals surface area contributed by atoms with E-state index in [-0.39, 0.29) is 23.6 Å². The molecule has 1 aromatic rings. The molecule has 5 fully saturated rings. The third-order valence-corrected chi connectivity index (χ3v) is 11.5. The zero-order chi connectivity index (χ0) is 25.7. The molecule has 7 aliphatic rings. The third kappa shape index (κ3) is 3.03. The maximum absolute atomic E-state index is 13.5. The van der Waals surface area contributed by atoms with Crippen LogP contribution in [0.1, 0.15) is 56.1 Å². The standard InChI is InChI=1S/C30H41N3O5/c1-36-22-6-5-21-17-23-30(35)9-8-28(7-2-11-33(28)19-24(34)31-13-15-37-16-14-31)27-29(30,25(21)26(22)38-27)10-12-32(23)18-20-3-4-20/h5-6,20,23,27,35H,2-4,7-19H2,1H3/t23-,27+,28-,29+,30-/m1/s1. The summed E-state index contributed by atoms with van der Waals surface area (Å²) in [6.07, 6.45) is 7.94. The van der Waals surface area contributed by atoms with Crippen molar-refractivity contribution in [2.75, 3.05) is 59.6 Å². The number of hydrogen-bond acceptors (Lipinski definition) is 7. The predicted octanol–water partition coefficient (Wildman–Crippen LogP) is 1.95. The van der Waals surface area contributed by atoms with Crippen LogP contribution in [0.15, 0.2) is 12.1 Å². The van der Waals surface area contributed by atoms with Gasteiger partial charge in [0.2, 0.25) is 5.91 Å². The number of amides is 1. The monoisotopic (exact) mass is 523 g/mol. The second-order valence-corrected chi connectivity index (χ2v) is 13.1. The van der Waals surface area contributed by atoms with Gasteiger partial charge in [-0.2, -0.15) is 0 Å². The number of aliphatic hydroxyl groups is 1. The fourth-order valence-electron chi connectivity index (χ4n) is 9.58. The van der Waals surface area contributed by atoms with Gasteiger partial charge >= 0.3 is 0 Å². The van der Waals surface area contributed by atoms with Crippen LogP contribution < -0.4 is 9.47 Å². The van der Waals surface area contributed by atoms with E-state index in [2.05, 4.69) is 21.9 Å². The minimum absolute atomic E-state index is 0.122. The third-order valence-electron chi connectivity index (χ3n) is 11.5. The molecule has 2 spiro atoms. The molecule has 2 bridgehead atoms. The minimum atomic E-state index is -0.830. The van der Waals surface area contributed by atoms with Crippen LogP contribution >= 0.6 is 0 Å². The van der Waals surface area contributed by atoms with Crippen molar-refractivity contribution in [2.45, 2.75) is 80.1 Å². The molecule has 8 rings (SSSR count). The number of ether oxygens (including phenoxy) is 3. The van der Waals surface area contributed by atoms with E-state index in [9.17, 15) is 9.90 Å². The fourth-order valence-corrected chi connectivity index (χ4v) is 9.58. The van der Waals surface area contributed by atoms with Crippen molar-refractivity contribution < 1.29 is 24.1 Å². The van der Waals surface area contributed by atoms with E-state index in [0.717, 1.165) is 75.6 Å². The van der Waals surface area contributed by atoms with Crippen molar-refractivity contribution >= 4 is 5.91 Å². The van der Waals surface area contributed by atoms with Gasteiger partial charge in [0, 0.05) is 31.2 Å². The van der Waals surface area contributed by atoms with Gasteiger partial charge in [-0.15, -0.1) is 0 Å². The van der Waals surface area contributed by atoms with Gasteiger partial charge in [-0.1, -0.05) is 6.07 Å². The molecule has 3 aliphatic carbocycles. The molecule has 0 radical (unpaired) electrons. The second kappa shape index (κ2) is 8.32. The molecule has 1 aromatic carbocycles. The second-order valence-electron chi connectivity index (χ2n) is 13.1. The summed E-state index contributed by atoms with van der Waals surface area (Å²) in [5, 5.41) is 12.9. The van der Waals surface area contributed by atoms with Crippen molar-refractivity contribution in [2.24, 2.45) is 5.92 Å². The average Bonchev–Trinajstić information content (AvgIpc) is 3.55. The Hall–Kier alpha value is -1.87. The van der Waals surface area contributed by atoms with Gasteiger partial charge in [0.15, 0.2) is 11.5 Å². The molecule has 8 heteroatoms. The molecule has 0 unspecified atom stereocenters. The fraction of sp³-hybridized carbons (Fsp3) is 0.767. The van der Waals surface area contributed by atoms with Crippen molar-refractivity contribution in [1.82, 2.24) is 14.7 Å². The first kappa shape index (κ1) is 24.0. The van der Waals surface area contributed by atoms with Gasteiger partial charge in [-0.3, -0.25) is 14.6 Å². The highest BCUT2D eigenvalue weighted by Gasteiger charge is 2.77. The van der Waals surface area contributed by atoms with Crippen LogP contribution in [0.25, 0.3) is 0 Å². The molecule has 4 heterocycles. The number of piperidine rings is 1. The first-order valence-electron chi connectivity index (χ1n) is 14.9. The van der Waals surface area contributed by atoms with Gasteiger partial charge in [-0.05, 0) is 82.0 Å². The Labute approximate surface area is 225 Å². The molecule has 0 aromatic heterocycles. The Bertz CT molecular complexity index is 1150. The number of morpholine rings is 1. The lowest BCUT2D eigenvalue weighted by atomic mass is 9.45. The summed E-state index contributed by atoms with van der Waals surface area (Å²) >= 11 is 0. The van der Waals surface area contributed by atoms with Crippen LogP contribution in [-0.4, -0.2) is 109 Å². The zero-order valence-electron chi connectivity index (χ0n) is 22.6. The summed E-state index contributed by atoms with van der Waals surface area (Å²) in [6.45, 7) is 6.03. The number of fused-ring (bicyclic) bond motifs is 1. The molecule has 4 aliphatic heterocycles. The molecule has 5 atom stereocenters. The number of benzene rings is 1. The number of carbonyl (C=O) groups is 1. The van der Waals surface area contributed by atoms with Crippen LogP contribution in [-0.2, 0) is 21.4 Å². The number of likely N-dealkylation sites (tertiary alicyclic amines) is 2. The van der Waals surface area contributed by atoms with Gasteiger partial charge in [-0.25, -0.2) is 0 Å². The van der Waals surface area contributed by atoms with E-state index >= 15 is 0 Å². The largest absolute Gasteiger partial charge is 0.493 e. The van der Waals surface area contributed by atoms with Gasteiger partial charge in [0.05, 0.1) is 43.4 Å². The van der Waals surface area contributed by atoms with Crippen molar-refractivity contribution in [1.29, 1.82) is 0 Å². The van der Waals surface area contributed by atoms with Crippen molar-refractivity contribution in [3.8, 4) is 11.5 Å². The first-order chi connectivity index (χ1) is 18.5. The first-order valence-corrected chi connectivity index (χ1v) is 14.9. The molecular formula is C30H41N3O5. The van der Waals surface area contributed by atoms with E-state index in [1.54, 1.807) is 7.11 Å². The summed E-state index contributed by atoms with van der Waals surface area (Å²) in [5.74, 6) is 2.62. The van der Waals surface area contributed by atoms with Gasteiger partial charge in [0.1, 0.15) is 6.10 Å². The Morgan fingerprint density at radius 2 is 1.95 bits per heavy atom. The molecule has 1 N–H and O–H groups in total. The normalized spacial score (nSPS) is 39.8. The highest BCUT2D eigenvalue weighted by molar-refractivity contribution is 5.78. The van der Waals surface area contributed by atoms with Crippen molar-refractivity contribution in [3.05, 3.63) is 23.3 Å². The maximum atomic E-state index is 13.5. The number of carbonyl (C=O) groups excluding carboxylic acids is 1. The summed E-state index contributed by atoms with van der Waals surface area (Å²) in [6, 6.07) is 4.42. The lowest BCUT2D eigenvalue weighted by Crippen LogP contribution is -2.80. The topological polar surface area (TPSA) is 74.7 Å². The maximum Gasteiger partial charge on any atom is 0.236 e. The molecule has 206 valence electrons. The Kier molecular flexibility index (Phi) is 5.25. The average molecular weight is 524 g/mol. The Morgan fingerprint density at radius 1 is 1.11 bits per heavy atom. The van der Waals surface area contributed by atoms with Crippen LogP contribution in [0, 0.1) is 5.92 Å². The quantitative estimate of drug-likeness (QED) is 0.633. The van der Waals surface area contributed by atoms with Crippen LogP contribution in [0.2, 0.25) is 0 Å². The van der Waals surface area contributed by atoms with Gasteiger partial charge in [0.25, 0.3) is 0 Å². The molecule has 2 saturated carbocycles. The van der Waals surface area contributed by atoms with E-state index in [1.807, 2.05) is 4.90 Å². The summed E-state index contributed by atoms with van der Waals surface area (Å²) < 4.78 is 18.4. The smallest absolute Gasteiger partial charge is 0.236 e. The van der Waals surface area contributed by atoms with E-state index in [1.165, 1.54) is 24.0 Å². The van der Waals surface area contributed by atoms with Crippen LogP contribution in [0.5, 0.6) is 11.5 Å². The SMILES string of the molecule is COc1ccc2c3c1O[C@H]1[C@@]4(CCCN4CC(=O)N4CCOCC4)CC[C@@]4(O)[C@@H](C2)N(CC2CC2)CC[C@]314. The number of rotatable bonds is 5. The summed E-state index contributed by atoms with van der Waals surface area (Å²) in [7, 11) is 1.72. The highest BCUT2D eigenvalue weighted by Crippen LogP contribution is 2.69. The minimum Gasteiger partial charge on any atom is -0.493 e. The number of hydrogen-bond donors (Lipinski definition) is 1. The Balaban J connectivity index is 1.21. The number of methoxy groups -OCH3 is 1. The molecule has 1 amide bonds.